The highest BCUT2D eigenvalue weighted by atomic mass is 79.9. The molecule has 2 heterocycles. The van der Waals surface area contributed by atoms with E-state index >= 15 is 0 Å². The molecule has 26 heavy (non-hydrogen) atoms. The molecule has 0 spiro atoms. The fourth-order valence-corrected chi connectivity index (χ4v) is 3.80. The van der Waals surface area contributed by atoms with Crippen LogP contribution in [0.2, 0.25) is 5.02 Å². The van der Waals surface area contributed by atoms with Crippen molar-refractivity contribution in [1.82, 2.24) is 0 Å². The second kappa shape index (κ2) is 6.52. The molecule has 132 valence electrons. The number of hydrogen-bond donors (Lipinski definition) is 0. The van der Waals surface area contributed by atoms with Crippen molar-refractivity contribution in [3.63, 3.8) is 0 Å². The SMILES string of the molecule is O=C1OCC2=C1C(c1ccc(Br)cc1)CC(=O)N2c1ccc(F)c(Cl)c1. The van der Waals surface area contributed by atoms with E-state index in [4.69, 9.17) is 16.3 Å². The largest absolute Gasteiger partial charge is 0.456 e. The van der Waals surface area contributed by atoms with Gasteiger partial charge in [-0.15, -0.1) is 0 Å². The number of carbonyl (C=O) groups excluding carboxylic acids is 2. The van der Waals surface area contributed by atoms with Crippen LogP contribution in [0.4, 0.5) is 10.1 Å². The number of anilines is 1. The number of hydrogen-bond acceptors (Lipinski definition) is 3. The Bertz CT molecular complexity index is 958. The van der Waals surface area contributed by atoms with Crippen LogP contribution in [0, 0.1) is 5.82 Å². The van der Waals surface area contributed by atoms with Crippen LogP contribution >= 0.6 is 27.5 Å². The van der Waals surface area contributed by atoms with E-state index < -0.39 is 11.8 Å². The van der Waals surface area contributed by atoms with Crippen LogP contribution < -0.4 is 4.90 Å². The van der Waals surface area contributed by atoms with Crippen LogP contribution in [-0.4, -0.2) is 18.5 Å². The monoisotopic (exact) mass is 435 g/mol. The first-order chi connectivity index (χ1) is 12.5. The average molecular weight is 437 g/mol. The lowest BCUT2D eigenvalue weighted by Crippen LogP contribution is -2.37. The number of esters is 1. The zero-order valence-electron chi connectivity index (χ0n) is 13.3. The second-order valence-electron chi connectivity index (χ2n) is 6.07. The molecular formula is C19H12BrClFNO3. The van der Waals surface area contributed by atoms with Gasteiger partial charge in [0.1, 0.15) is 12.4 Å². The van der Waals surface area contributed by atoms with Crippen molar-refractivity contribution >= 4 is 45.1 Å². The molecule has 0 aromatic heterocycles. The van der Waals surface area contributed by atoms with Crippen molar-refractivity contribution in [3.8, 4) is 0 Å². The summed E-state index contributed by atoms with van der Waals surface area (Å²) < 4.78 is 19.6. The normalized spacial score (nSPS) is 19.7. The first-order valence-corrected chi connectivity index (χ1v) is 9.06. The molecule has 1 unspecified atom stereocenters. The molecule has 7 heteroatoms. The van der Waals surface area contributed by atoms with E-state index in [9.17, 15) is 14.0 Å². The standard InChI is InChI=1S/C19H12BrClFNO3/c20-11-3-1-10(2-4-11)13-8-17(24)23(16-9-26-19(25)18(13)16)12-5-6-15(22)14(21)7-12/h1-7,13H,8-9H2. The molecule has 0 saturated carbocycles. The zero-order valence-corrected chi connectivity index (χ0v) is 15.7. The molecule has 2 aliphatic rings. The Morgan fingerprint density at radius 3 is 2.58 bits per heavy atom. The highest BCUT2D eigenvalue weighted by molar-refractivity contribution is 9.10. The van der Waals surface area contributed by atoms with Crippen molar-refractivity contribution in [1.29, 1.82) is 0 Å². The third-order valence-corrected chi connectivity index (χ3v) is 5.37. The molecule has 1 amide bonds. The number of cyclic esters (lactones) is 1. The van der Waals surface area contributed by atoms with Crippen LogP contribution in [0.25, 0.3) is 0 Å². The predicted octanol–water partition coefficient (Wildman–Crippen LogP) is 4.57. The van der Waals surface area contributed by atoms with Crippen molar-refractivity contribution in [2.45, 2.75) is 12.3 Å². The number of halogens is 3. The van der Waals surface area contributed by atoms with E-state index in [1.54, 1.807) is 0 Å². The molecular weight excluding hydrogens is 425 g/mol. The Morgan fingerprint density at radius 1 is 1.15 bits per heavy atom. The summed E-state index contributed by atoms with van der Waals surface area (Å²) in [6, 6.07) is 11.5. The maximum Gasteiger partial charge on any atom is 0.336 e. The molecule has 4 nitrogen and oxygen atoms in total. The maximum atomic E-state index is 13.5. The van der Waals surface area contributed by atoms with Gasteiger partial charge in [-0.1, -0.05) is 39.7 Å². The van der Waals surface area contributed by atoms with Crippen molar-refractivity contribution in [2.75, 3.05) is 11.5 Å². The molecule has 0 bridgehead atoms. The lowest BCUT2D eigenvalue weighted by molar-refractivity contribution is -0.136. The summed E-state index contributed by atoms with van der Waals surface area (Å²) >= 11 is 9.24. The van der Waals surface area contributed by atoms with E-state index in [0.29, 0.717) is 17.0 Å². The first kappa shape index (κ1) is 17.2. The lowest BCUT2D eigenvalue weighted by atomic mass is 9.84. The van der Waals surface area contributed by atoms with Gasteiger partial charge in [0.25, 0.3) is 0 Å². The Labute approximate surface area is 162 Å². The van der Waals surface area contributed by atoms with E-state index in [0.717, 1.165) is 10.0 Å². The second-order valence-corrected chi connectivity index (χ2v) is 7.40. The molecule has 0 saturated heterocycles. The first-order valence-electron chi connectivity index (χ1n) is 7.89. The fourth-order valence-electron chi connectivity index (χ4n) is 3.36. The third-order valence-electron chi connectivity index (χ3n) is 4.55. The van der Waals surface area contributed by atoms with Gasteiger partial charge in [-0.25, -0.2) is 9.18 Å². The van der Waals surface area contributed by atoms with Gasteiger partial charge in [0.15, 0.2) is 0 Å². The number of carbonyl (C=O) groups is 2. The van der Waals surface area contributed by atoms with Crippen molar-refractivity contribution < 1.29 is 18.7 Å². The molecule has 1 atom stereocenters. The summed E-state index contributed by atoms with van der Waals surface area (Å²) in [7, 11) is 0. The number of rotatable bonds is 2. The Hall–Kier alpha value is -2.18. The minimum absolute atomic E-state index is 0.00191. The van der Waals surface area contributed by atoms with Crippen LogP contribution in [0.1, 0.15) is 17.9 Å². The van der Waals surface area contributed by atoms with Gasteiger partial charge in [-0.05, 0) is 35.9 Å². The van der Waals surface area contributed by atoms with Gasteiger partial charge in [-0.2, -0.15) is 0 Å². The lowest BCUT2D eigenvalue weighted by Gasteiger charge is -2.32. The Kier molecular flexibility index (Phi) is 4.32. The van der Waals surface area contributed by atoms with E-state index in [2.05, 4.69) is 15.9 Å². The summed E-state index contributed by atoms with van der Waals surface area (Å²) in [5, 5.41) is -0.0854. The third kappa shape index (κ3) is 2.83. The zero-order chi connectivity index (χ0) is 18.4. The average Bonchev–Trinajstić information content (AvgIpc) is 2.99. The van der Waals surface area contributed by atoms with Crippen LogP contribution in [0.3, 0.4) is 0 Å². The summed E-state index contributed by atoms with van der Waals surface area (Å²) in [5.74, 6) is -1.57. The Balaban J connectivity index is 1.82. The predicted molar refractivity (Wildman–Crippen MR) is 98.4 cm³/mol. The highest BCUT2D eigenvalue weighted by Gasteiger charge is 2.43. The van der Waals surface area contributed by atoms with Crippen LogP contribution in [0.5, 0.6) is 0 Å². The summed E-state index contributed by atoms with van der Waals surface area (Å²) in [6.07, 6.45) is 0.116. The fraction of sp³-hybridized carbons (Fsp3) is 0.158. The van der Waals surface area contributed by atoms with Crippen molar-refractivity contribution in [2.24, 2.45) is 0 Å². The van der Waals surface area contributed by atoms with Gasteiger partial charge in [0.2, 0.25) is 5.91 Å². The number of nitrogens with zero attached hydrogens (tertiary/aromatic N) is 1. The van der Waals surface area contributed by atoms with Gasteiger partial charge in [0.05, 0.1) is 22.0 Å². The quantitative estimate of drug-likeness (QED) is 0.648. The minimum atomic E-state index is -0.569. The highest BCUT2D eigenvalue weighted by Crippen LogP contribution is 2.42. The smallest absolute Gasteiger partial charge is 0.336 e. The van der Waals surface area contributed by atoms with Gasteiger partial charge in [-0.3, -0.25) is 9.69 Å². The van der Waals surface area contributed by atoms with Gasteiger partial charge < -0.3 is 4.74 Å². The summed E-state index contributed by atoms with van der Waals surface area (Å²) in [5.41, 5.74) is 2.24. The summed E-state index contributed by atoms with van der Waals surface area (Å²) in [4.78, 5) is 26.6. The molecule has 0 radical (unpaired) electrons. The molecule has 0 fully saturated rings. The molecule has 2 aliphatic heterocycles. The number of amides is 1. The molecule has 2 aromatic rings. The minimum Gasteiger partial charge on any atom is -0.456 e. The molecule has 4 rings (SSSR count). The van der Waals surface area contributed by atoms with E-state index in [1.165, 1.54) is 23.1 Å². The van der Waals surface area contributed by atoms with Crippen LogP contribution in [0.15, 0.2) is 58.2 Å². The Morgan fingerprint density at radius 2 is 1.88 bits per heavy atom. The number of ether oxygens (including phenoxy) is 1. The molecule has 2 aromatic carbocycles. The van der Waals surface area contributed by atoms with Gasteiger partial charge >= 0.3 is 5.97 Å². The molecule has 0 aliphatic carbocycles. The van der Waals surface area contributed by atoms with Gasteiger partial charge in [0, 0.05) is 16.8 Å². The topological polar surface area (TPSA) is 46.6 Å². The van der Waals surface area contributed by atoms with Crippen molar-refractivity contribution in [3.05, 3.63) is 74.6 Å². The number of benzene rings is 2. The molecule has 0 N–H and O–H groups in total. The summed E-state index contributed by atoms with van der Waals surface area (Å²) in [6.45, 7) is 0.00191. The van der Waals surface area contributed by atoms with Crippen LogP contribution in [-0.2, 0) is 14.3 Å². The van der Waals surface area contributed by atoms with E-state index in [1.807, 2.05) is 24.3 Å². The maximum absolute atomic E-state index is 13.5. The van der Waals surface area contributed by atoms with E-state index in [-0.39, 0.29) is 29.9 Å².